The quantitative estimate of drug-likeness (QED) is 0.853. The molecular weight excluding hydrogens is 284 g/mol. The van der Waals surface area contributed by atoms with E-state index >= 15 is 0 Å². The van der Waals surface area contributed by atoms with Crippen LogP contribution in [0.5, 0.6) is 0 Å². The number of piperazine rings is 1. The minimum Gasteiger partial charge on any atom is -0.391 e. The monoisotopic (exact) mass is 298 g/mol. The maximum absolute atomic E-state index is 9.25. The van der Waals surface area contributed by atoms with Gasteiger partial charge in [-0.25, -0.2) is 4.98 Å². The van der Waals surface area contributed by atoms with Crippen LogP contribution in [0.2, 0.25) is 5.28 Å². The van der Waals surface area contributed by atoms with Crippen molar-refractivity contribution in [3.63, 3.8) is 0 Å². The summed E-state index contributed by atoms with van der Waals surface area (Å²) in [6, 6.07) is 1.88. The predicted octanol–water partition coefficient (Wildman–Crippen LogP) is 1.59. The average molecular weight is 299 g/mol. The van der Waals surface area contributed by atoms with E-state index in [9.17, 15) is 5.11 Å². The lowest BCUT2D eigenvalue weighted by atomic mass is 10.3. The van der Waals surface area contributed by atoms with E-state index < -0.39 is 0 Å². The van der Waals surface area contributed by atoms with Gasteiger partial charge in [-0.2, -0.15) is 4.98 Å². The highest BCUT2D eigenvalue weighted by atomic mass is 35.5. The van der Waals surface area contributed by atoms with Crippen molar-refractivity contribution in [2.45, 2.75) is 6.61 Å². The van der Waals surface area contributed by atoms with E-state index in [0.717, 1.165) is 47.1 Å². The number of hydrogen-bond acceptors (Lipinski definition) is 6. The number of rotatable bonds is 2. The number of likely N-dealkylation sites (N-methyl/N-ethyl adjacent to an activating group) is 1. The Bertz CT molecular complexity index is 595. The van der Waals surface area contributed by atoms with E-state index in [1.54, 1.807) is 0 Å². The van der Waals surface area contributed by atoms with Crippen LogP contribution in [-0.4, -0.2) is 53.2 Å². The zero-order chi connectivity index (χ0) is 13.4. The molecule has 0 spiro atoms. The van der Waals surface area contributed by atoms with Gasteiger partial charge < -0.3 is 14.9 Å². The van der Waals surface area contributed by atoms with Crippen LogP contribution in [0, 0.1) is 0 Å². The fraction of sp³-hybridized carbons (Fsp3) is 0.500. The second-order valence-electron chi connectivity index (χ2n) is 4.69. The smallest absolute Gasteiger partial charge is 0.224 e. The number of aliphatic hydroxyl groups excluding tert-OH is 1. The molecule has 0 radical (unpaired) electrons. The van der Waals surface area contributed by atoms with Crippen LogP contribution >= 0.6 is 22.9 Å². The van der Waals surface area contributed by atoms with Crippen LogP contribution in [-0.2, 0) is 6.61 Å². The molecule has 0 aromatic carbocycles. The van der Waals surface area contributed by atoms with Gasteiger partial charge in [-0.15, -0.1) is 11.3 Å². The number of halogens is 1. The summed E-state index contributed by atoms with van der Waals surface area (Å²) in [4.78, 5) is 14.0. The van der Waals surface area contributed by atoms with Gasteiger partial charge in [0.15, 0.2) is 5.82 Å². The van der Waals surface area contributed by atoms with Crippen LogP contribution < -0.4 is 4.90 Å². The first-order valence-electron chi connectivity index (χ1n) is 6.17. The molecular formula is C12H15ClN4OS. The molecule has 0 bridgehead atoms. The molecule has 0 aliphatic carbocycles. The molecule has 2 aromatic rings. The third kappa shape index (κ3) is 2.53. The highest BCUT2D eigenvalue weighted by Crippen LogP contribution is 2.33. The molecule has 3 heterocycles. The number of aliphatic hydroxyl groups is 1. The first-order chi connectivity index (χ1) is 9.17. The van der Waals surface area contributed by atoms with Crippen molar-refractivity contribution in [2.24, 2.45) is 0 Å². The van der Waals surface area contributed by atoms with Crippen molar-refractivity contribution in [2.75, 3.05) is 38.1 Å². The van der Waals surface area contributed by atoms with Gasteiger partial charge in [-0.1, -0.05) is 0 Å². The molecule has 0 amide bonds. The van der Waals surface area contributed by atoms with E-state index in [-0.39, 0.29) is 11.9 Å². The number of anilines is 1. The lowest BCUT2D eigenvalue weighted by Crippen LogP contribution is -2.44. The summed E-state index contributed by atoms with van der Waals surface area (Å²) in [5, 5.41) is 9.52. The Morgan fingerprint density at radius 3 is 2.74 bits per heavy atom. The SMILES string of the molecule is CN1CCN(c2nc(Cl)nc3cc(CO)sc23)CC1. The number of hydrogen-bond donors (Lipinski definition) is 1. The van der Waals surface area contributed by atoms with E-state index in [4.69, 9.17) is 11.6 Å². The Morgan fingerprint density at radius 1 is 1.32 bits per heavy atom. The molecule has 3 rings (SSSR count). The fourth-order valence-electron chi connectivity index (χ4n) is 2.25. The van der Waals surface area contributed by atoms with Crippen molar-refractivity contribution in [1.29, 1.82) is 0 Å². The lowest BCUT2D eigenvalue weighted by molar-refractivity contribution is 0.285. The van der Waals surface area contributed by atoms with Crippen molar-refractivity contribution in [3.05, 3.63) is 16.2 Å². The second kappa shape index (κ2) is 5.20. The molecule has 1 saturated heterocycles. The minimum atomic E-state index is 0.0286. The third-order valence-electron chi connectivity index (χ3n) is 3.34. The van der Waals surface area contributed by atoms with E-state index in [0.29, 0.717) is 0 Å². The second-order valence-corrected chi connectivity index (χ2v) is 6.17. The number of aromatic nitrogens is 2. The molecule has 0 unspecified atom stereocenters. The van der Waals surface area contributed by atoms with Crippen LogP contribution in [0.4, 0.5) is 5.82 Å². The number of nitrogens with zero attached hydrogens (tertiary/aromatic N) is 4. The van der Waals surface area contributed by atoms with Crippen LogP contribution in [0.3, 0.4) is 0 Å². The molecule has 19 heavy (non-hydrogen) atoms. The van der Waals surface area contributed by atoms with Crippen LogP contribution in [0.15, 0.2) is 6.07 Å². The normalized spacial score (nSPS) is 17.3. The Labute approximate surface area is 120 Å². The number of thiophene rings is 1. The Balaban J connectivity index is 2.03. The first-order valence-corrected chi connectivity index (χ1v) is 7.37. The van der Waals surface area contributed by atoms with Crippen LogP contribution in [0.25, 0.3) is 10.2 Å². The van der Waals surface area contributed by atoms with Gasteiger partial charge in [0.1, 0.15) is 0 Å². The molecule has 7 heteroatoms. The third-order valence-corrected chi connectivity index (χ3v) is 4.61. The van der Waals surface area contributed by atoms with Crippen LogP contribution in [0.1, 0.15) is 4.88 Å². The fourth-order valence-corrected chi connectivity index (χ4v) is 3.39. The Kier molecular flexibility index (Phi) is 3.58. The molecule has 1 N–H and O–H groups in total. The summed E-state index contributed by atoms with van der Waals surface area (Å²) in [5.74, 6) is 0.896. The van der Waals surface area contributed by atoms with Gasteiger partial charge in [0.25, 0.3) is 0 Å². The highest BCUT2D eigenvalue weighted by molar-refractivity contribution is 7.19. The maximum atomic E-state index is 9.25. The first kappa shape index (κ1) is 13.1. The van der Waals surface area contributed by atoms with Crippen molar-refractivity contribution < 1.29 is 5.11 Å². The number of fused-ring (bicyclic) bond motifs is 1. The lowest BCUT2D eigenvalue weighted by Gasteiger charge is -2.33. The summed E-state index contributed by atoms with van der Waals surface area (Å²) in [5.41, 5.74) is 0.822. The molecule has 0 saturated carbocycles. The molecule has 102 valence electrons. The predicted molar refractivity (Wildman–Crippen MR) is 78.1 cm³/mol. The van der Waals surface area contributed by atoms with Gasteiger partial charge in [0, 0.05) is 31.1 Å². The van der Waals surface area contributed by atoms with Gasteiger partial charge in [-0.3, -0.25) is 0 Å². The summed E-state index contributed by atoms with van der Waals surface area (Å²) in [7, 11) is 2.12. The van der Waals surface area contributed by atoms with Gasteiger partial charge in [0.2, 0.25) is 5.28 Å². The maximum Gasteiger partial charge on any atom is 0.224 e. The summed E-state index contributed by atoms with van der Waals surface area (Å²) >= 11 is 7.55. The van der Waals surface area contributed by atoms with E-state index in [1.165, 1.54) is 11.3 Å². The van der Waals surface area contributed by atoms with Crippen molar-refractivity contribution in [1.82, 2.24) is 14.9 Å². The topological polar surface area (TPSA) is 52.5 Å². The molecule has 1 fully saturated rings. The molecule has 2 aromatic heterocycles. The van der Waals surface area contributed by atoms with Crippen molar-refractivity contribution in [3.8, 4) is 0 Å². The van der Waals surface area contributed by atoms with Crippen molar-refractivity contribution >= 4 is 39.0 Å². The minimum absolute atomic E-state index is 0.0286. The molecule has 0 atom stereocenters. The summed E-state index contributed by atoms with van der Waals surface area (Å²) < 4.78 is 1.01. The largest absolute Gasteiger partial charge is 0.391 e. The van der Waals surface area contributed by atoms with Gasteiger partial charge in [-0.05, 0) is 24.7 Å². The summed E-state index contributed by atoms with van der Waals surface area (Å²) in [6.45, 7) is 3.93. The van der Waals surface area contributed by atoms with E-state index in [2.05, 4.69) is 26.8 Å². The standard InChI is InChI=1S/C12H15ClN4OS/c1-16-2-4-17(5-3-16)11-10-9(14-12(13)15-11)6-8(7-18)19-10/h6,18H,2-5,7H2,1H3. The molecule has 1 aliphatic rings. The molecule has 5 nitrogen and oxygen atoms in total. The summed E-state index contributed by atoms with van der Waals surface area (Å²) in [6.07, 6.45) is 0. The highest BCUT2D eigenvalue weighted by Gasteiger charge is 2.20. The zero-order valence-electron chi connectivity index (χ0n) is 10.6. The van der Waals surface area contributed by atoms with Gasteiger partial charge >= 0.3 is 0 Å². The zero-order valence-corrected chi connectivity index (χ0v) is 12.2. The molecule has 1 aliphatic heterocycles. The van der Waals surface area contributed by atoms with E-state index in [1.807, 2.05) is 6.07 Å². The Hall–Kier alpha value is -0.950. The van der Waals surface area contributed by atoms with Gasteiger partial charge in [0.05, 0.1) is 16.8 Å². The Morgan fingerprint density at radius 2 is 2.05 bits per heavy atom. The average Bonchev–Trinajstić information content (AvgIpc) is 2.81.